The molecule has 0 saturated heterocycles. The summed E-state index contributed by atoms with van der Waals surface area (Å²) in [5.41, 5.74) is 0.742. The van der Waals surface area contributed by atoms with Crippen molar-refractivity contribution in [1.29, 1.82) is 0 Å². The van der Waals surface area contributed by atoms with E-state index in [1.54, 1.807) is 18.2 Å². The number of hydrogen-bond donors (Lipinski definition) is 0. The number of imidazole rings is 1. The molecule has 0 N–H and O–H groups in total. The van der Waals surface area contributed by atoms with Crippen LogP contribution in [-0.2, 0) is 4.74 Å². The molecule has 84 valence electrons. The predicted octanol–water partition coefficient (Wildman–Crippen LogP) is 1.95. The van der Waals surface area contributed by atoms with Crippen LogP contribution in [0.15, 0.2) is 18.6 Å². The Labute approximate surface area is 97.0 Å². The molecule has 0 fully saturated rings. The van der Waals surface area contributed by atoms with E-state index >= 15 is 0 Å². The molecule has 0 spiro atoms. The lowest BCUT2D eigenvalue weighted by Crippen LogP contribution is -2.11. The van der Waals surface area contributed by atoms with Crippen LogP contribution in [-0.4, -0.2) is 26.4 Å². The van der Waals surface area contributed by atoms with E-state index in [-0.39, 0.29) is 11.8 Å². The van der Waals surface area contributed by atoms with Crippen molar-refractivity contribution in [3.8, 4) is 0 Å². The third-order valence-corrected chi connectivity index (χ3v) is 2.17. The molecule has 0 amide bonds. The van der Waals surface area contributed by atoms with Gasteiger partial charge in [-0.2, -0.15) is 0 Å². The van der Waals surface area contributed by atoms with Gasteiger partial charge in [0.15, 0.2) is 11.3 Å². The molecule has 0 bridgehead atoms. The molecule has 2 aromatic heterocycles. The minimum atomic E-state index is -0.463. The van der Waals surface area contributed by atoms with E-state index in [9.17, 15) is 4.79 Å². The van der Waals surface area contributed by atoms with Crippen LogP contribution < -0.4 is 0 Å². The molecule has 0 aliphatic heterocycles. The standard InChI is InChI=1S/C10H10ClN3O2/c1-6(2)16-10(15)7-5-14-8(11)3-12-4-9(14)13-7/h3-6H,1-2H3. The monoisotopic (exact) mass is 239 g/mol. The molecule has 0 aromatic carbocycles. The van der Waals surface area contributed by atoms with Gasteiger partial charge in [-0.3, -0.25) is 9.38 Å². The highest BCUT2D eigenvalue weighted by atomic mass is 35.5. The van der Waals surface area contributed by atoms with Gasteiger partial charge in [-0.1, -0.05) is 11.6 Å². The molecule has 0 aliphatic rings. The maximum Gasteiger partial charge on any atom is 0.358 e. The van der Waals surface area contributed by atoms with Crippen LogP contribution in [0, 0.1) is 0 Å². The molecule has 0 saturated carbocycles. The molecule has 0 atom stereocenters. The van der Waals surface area contributed by atoms with Gasteiger partial charge in [-0.25, -0.2) is 9.78 Å². The second-order valence-electron chi connectivity index (χ2n) is 3.54. The van der Waals surface area contributed by atoms with Gasteiger partial charge in [0.2, 0.25) is 0 Å². The summed E-state index contributed by atoms with van der Waals surface area (Å²) in [4.78, 5) is 19.5. The van der Waals surface area contributed by atoms with Crippen molar-refractivity contribution in [3.63, 3.8) is 0 Å². The first kappa shape index (κ1) is 10.9. The van der Waals surface area contributed by atoms with E-state index in [0.717, 1.165) is 0 Å². The van der Waals surface area contributed by atoms with Crippen LogP contribution >= 0.6 is 11.6 Å². The molecule has 2 aromatic rings. The van der Waals surface area contributed by atoms with Crippen molar-refractivity contribution in [1.82, 2.24) is 14.4 Å². The number of carbonyl (C=O) groups is 1. The second-order valence-corrected chi connectivity index (χ2v) is 3.93. The Balaban J connectivity index is 2.40. The SMILES string of the molecule is CC(C)OC(=O)c1cn2c(Cl)cncc2n1. The van der Waals surface area contributed by atoms with Gasteiger partial charge in [-0.05, 0) is 13.8 Å². The van der Waals surface area contributed by atoms with Crippen molar-refractivity contribution in [2.24, 2.45) is 0 Å². The first-order valence-electron chi connectivity index (χ1n) is 4.77. The number of hydrogen-bond acceptors (Lipinski definition) is 4. The van der Waals surface area contributed by atoms with E-state index in [1.807, 2.05) is 0 Å². The number of halogens is 1. The summed E-state index contributed by atoms with van der Waals surface area (Å²) in [6.45, 7) is 3.56. The van der Waals surface area contributed by atoms with Gasteiger partial charge in [0.05, 0.1) is 18.5 Å². The maximum absolute atomic E-state index is 11.6. The predicted molar refractivity (Wildman–Crippen MR) is 58.5 cm³/mol. The van der Waals surface area contributed by atoms with Crippen molar-refractivity contribution < 1.29 is 9.53 Å². The number of carbonyl (C=O) groups excluding carboxylic acids is 1. The van der Waals surface area contributed by atoms with Crippen molar-refractivity contribution >= 4 is 23.2 Å². The normalized spacial score (nSPS) is 11.0. The number of fused-ring (bicyclic) bond motifs is 1. The Morgan fingerprint density at radius 3 is 2.88 bits per heavy atom. The van der Waals surface area contributed by atoms with Gasteiger partial charge in [0, 0.05) is 6.20 Å². The lowest BCUT2D eigenvalue weighted by Gasteiger charge is -2.04. The third-order valence-electron chi connectivity index (χ3n) is 1.89. The molecule has 0 radical (unpaired) electrons. The topological polar surface area (TPSA) is 56.5 Å². The van der Waals surface area contributed by atoms with Crippen molar-refractivity contribution in [2.75, 3.05) is 0 Å². The average Bonchev–Trinajstić information content (AvgIpc) is 2.61. The largest absolute Gasteiger partial charge is 0.458 e. The zero-order valence-corrected chi connectivity index (χ0v) is 9.60. The van der Waals surface area contributed by atoms with E-state index in [1.165, 1.54) is 18.6 Å². The maximum atomic E-state index is 11.6. The van der Waals surface area contributed by atoms with Gasteiger partial charge >= 0.3 is 5.97 Å². The van der Waals surface area contributed by atoms with Gasteiger partial charge in [0.25, 0.3) is 0 Å². The lowest BCUT2D eigenvalue weighted by atomic mass is 10.4. The quantitative estimate of drug-likeness (QED) is 0.752. The van der Waals surface area contributed by atoms with E-state index in [2.05, 4.69) is 9.97 Å². The fraction of sp³-hybridized carbons (Fsp3) is 0.300. The van der Waals surface area contributed by atoms with E-state index < -0.39 is 5.97 Å². The van der Waals surface area contributed by atoms with Crippen LogP contribution in [0.25, 0.3) is 5.65 Å². The third kappa shape index (κ3) is 1.99. The zero-order valence-electron chi connectivity index (χ0n) is 8.85. The molecule has 6 heteroatoms. The van der Waals surface area contributed by atoms with Crippen LogP contribution in [0.5, 0.6) is 0 Å². The molecular formula is C10H10ClN3O2. The smallest absolute Gasteiger partial charge is 0.358 e. The molecule has 5 nitrogen and oxygen atoms in total. The summed E-state index contributed by atoms with van der Waals surface area (Å²) >= 11 is 5.89. The fourth-order valence-electron chi connectivity index (χ4n) is 1.26. The Bertz CT molecular complexity index is 536. The van der Waals surface area contributed by atoms with Gasteiger partial charge in [-0.15, -0.1) is 0 Å². The van der Waals surface area contributed by atoms with Crippen molar-refractivity contribution in [3.05, 3.63) is 29.4 Å². The lowest BCUT2D eigenvalue weighted by molar-refractivity contribution is 0.0371. The zero-order chi connectivity index (χ0) is 11.7. The highest BCUT2D eigenvalue weighted by molar-refractivity contribution is 6.29. The highest BCUT2D eigenvalue weighted by Crippen LogP contribution is 2.12. The molecular weight excluding hydrogens is 230 g/mol. The fourth-order valence-corrected chi connectivity index (χ4v) is 1.45. The second kappa shape index (κ2) is 4.09. The molecule has 16 heavy (non-hydrogen) atoms. The van der Waals surface area contributed by atoms with E-state index in [4.69, 9.17) is 16.3 Å². The first-order chi connectivity index (χ1) is 7.58. The Morgan fingerprint density at radius 1 is 1.50 bits per heavy atom. The number of ether oxygens (including phenoxy) is 1. The number of esters is 1. The highest BCUT2D eigenvalue weighted by Gasteiger charge is 2.14. The summed E-state index contributed by atoms with van der Waals surface area (Å²) in [7, 11) is 0. The number of rotatable bonds is 2. The van der Waals surface area contributed by atoms with E-state index in [0.29, 0.717) is 10.8 Å². The Morgan fingerprint density at radius 2 is 2.25 bits per heavy atom. The Hall–Kier alpha value is -1.62. The molecule has 0 aliphatic carbocycles. The van der Waals surface area contributed by atoms with Crippen LogP contribution in [0.1, 0.15) is 24.3 Å². The van der Waals surface area contributed by atoms with Gasteiger partial charge < -0.3 is 4.74 Å². The summed E-state index contributed by atoms with van der Waals surface area (Å²) in [5.74, 6) is -0.463. The van der Waals surface area contributed by atoms with Crippen molar-refractivity contribution in [2.45, 2.75) is 20.0 Å². The van der Waals surface area contributed by atoms with Crippen LogP contribution in [0.3, 0.4) is 0 Å². The average molecular weight is 240 g/mol. The summed E-state index contributed by atoms with van der Waals surface area (Å²) in [5, 5.41) is 0.397. The summed E-state index contributed by atoms with van der Waals surface area (Å²) in [6, 6.07) is 0. The molecule has 2 heterocycles. The number of nitrogens with zero attached hydrogens (tertiary/aromatic N) is 3. The summed E-state index contributed by atoms with van der Waals surface area (Å²) in [6.07, 6.45) is 4.36. The van der Waals surface area contributed by atoms with Gasteiger partial charge in [0.1, 0.15) is 5.15 Å². The number of aromatic nitrogens is 3. The minimum Gasteiger partial charge on any atom is -0.458 e. The first-order valence-corrected chi connectivity index (χ1v) is 5.15. The van der Waals surface area contributed by atoms with Crippen LogP contribution in [0.2, 0.25) is 5.15 Å². The minimum absolute atomic E-state index is 0.175. The molecule has 2 rings (SSSR count). The Kier molecular flexibility index (Phi) is 2.78. The summed E-state index contributed by atoms with van der Waals surface area (Å²) < 4.78 is 6.60. The molecule has 0 unspecified atom stereocenters. The van der Waals surface area contributed by atoms with Crippen LogP contribution in [0.4, 0.5) is 0 Å².